The Morgan fingerprint density at radius 1 is 1.25 bits per heavy atom. The summed E-state index contributed by atoms with van der Waals surface area (Å²) in [6.07, 6.45) is 0. The number of hydrogen-bond acceptors (Lipinski definition) is 4. The normalized spacial score (nSPS) is 11.3. The Morgan fingerprint density at radius 2 is 1.85 bits per heavy atom. The summed E-state index contributed by atoms with van der Waals surface area (Å²) in [4.78, 5) is 13.5. The maximum atomic E-state index is 11.2. The fourth-order valence-corrected chi connectivity index (χ4v) is 2.26. The molecular formula is C15H25N3O2. The van der Waals surface area contributed by atoms with Crippen molar-refractivity contribution in [2.24, 2.45) is 5.73 Å². The van der Waals surface area contributed by atoms with Gasteiger partial charge >= 0.3 is 0 Å². The van der Waals surface area contributed by atoms with Crippen molar-refractivity contribution in [3.63, 3.8) is 0 Å². The summed E-state index contributed by atoms with van der Waals surface area (Å²) in [6, 6.07) is 5.96. The van der Waals surface area contributed by atoms with Gasteiger partial charge in [0, 0.05) is 18.6 Å². The van der Waals surface area contributed by atoms with Gasteiger partial charge in [-0.1, -0.05) is 6.07 Å². The molecule has 0 unspecified atom stereocenters. The molecule has 0 saturated heterocycles. The van der Waals surface area contributed by atoms with Crippen molar-refractivity contribution < 1.29 is 9.53 Å². The molecule has 5 heteroatoms. The van der Waals surface area contributed by atoms with Gasteiger partial charge in [0.2, 0.25) is 0 Å². The lowest BCUT2D eigenvalue weighted by Gasteiger charge is -2.30. The van der Waals surface area contributed by atoms with E-state index in [9.17, 15) is 4.79 Å². The second kappa shape index (κ2) is 7.14. The monoisotopic (exact) mass is 279 g/mol. The van der Waals surface area contributed by atoms with Gasteiger partial charge in [-0.2, -0.15) is 0 Å². The predicted molar refractivity (Wildman–Crippen MR) is 81.8 cm³/mol. The fourth-order valence-electron chi connectivity index (χ4n) is 2.26. The molecule has 5 nitrogen and oxygen atoms in total. The van der Waals surface area contributed by atoms with Crippen LogP contribution in [0.15, 0.2) is 18.2 Å². The molecule has 0 atom stereocenters. The first-order chi connectivity index (χ1) is 9.34. The van der Waals surface area contributed by atoms with Crippen molar-refractivity contribution in [3.05, 3.63) is 23.8 Å². The fraction of sp³-hybridized carbons (Fsp3) is 0.533. The average molecular weight is 279 g/mol. The number of amides is 1. The molecule has 0 aromatic heterocycles. The van der Waals surface area contributed by atoms with E-state index < -0.39 is 5.91 Å². The van der Waals surface area contributed by atoms with Crippen LogP contribution in [0.1, 0.15) is 38.1 Å². The molecule has 0 heterocycles. The number of para-hydroxylation sites is 1. The number of nitrogen functional groups attached to an aromatic ring is 1. The largest absolute Gasteiger partial charge is 0.490 e. The van der Waals surface area contributed by atoms with Crippen LogP contribution in [-0.2, 0) is 0 Å². The van der Waals surface area contributed by atoms with E-state index in [0.29, 0.717) is 35.7 Å². The number of ether oxygens (including phenoxy) is 1. The second-order valence-electron chi connectivity index (χ2n) is 5.36. The standard InChI is InChI=1S/C15H25N3O2/c1-10(2)18(11(3)4)8-9-20-13-7-5-6-12(14(13)16)15(17)19/h5-7,10-11H,8-9,16H2,1-4H3,(H2,17,19). The molecule has 20 heavy (non-hydrogen) atoms. The first-order valence-corrected chi connectivity index (χ1v) is 6.91. The third-order valence-corrected chi connectivity index (χ3v) is 3.27. The summed E-state index contributed by atoms with van der Waals surface area (Å²) >= 11 is 0. The van der Waals surface area contributed by atoms with E-state index in [1.807, 2.05) is 0 Å². The Labute approximate surface area is 120 Å². The minimum Gasteiger partial charge on any atom is -0.490 e. The maximum Gasteiger partial charge on any atom is 0.250 e. The Morgan fingerprint density at radius 3 is 2.35 bits per heavy atom. The summed E-state index contributed by atoms with van der Waals surface area (Å²) in [5.41, 5.74) is 11.7. The molecule has 0 saturated carbocycles. The van der Waals surface area contributed by atoms with Gasteiger partial charge < -0.3 is 16.2 Å². The Bertz CT molecular complexity index is 450. The van der Waals surface area contributed by atoms with Crippen LogP contribution in [0.25, 0.3) is 0 Å². The van der Waals surface area contributed by atoms with Gasteiger partial charge in [-0.05, 0) is 39.8 Å². The molecule has 1 aromatic rings. The molecule has 0 aliphatic heterocycles. The van der Waals surface area contributed by atoms with Crippen LogP contribution >= 0.6 is 0 Å². The van der Waals surface area contributed by atoms with Gasteiger partial charge in [0.05, 0.1) is 11.3 Å². The zero-order valence-electron chi connectivity index (χ0n) is 12.7. The zero-order valence-corrected chi connectivity index (χ0v) is 12.7. The third-order valence-electron chi connectivity index (χ3n) is 3.27. The van der Waals surface area contributed by atoms with Gasteiger partial charge in [-0.3, -0.25) is 9.69 Å². The molecule has 0 aliphatic carbocycles. The Hall–Kier alpha value is -1.75. The SMILES string of the molecule is CC(C)N(CCOc1cccc(C(N)=O)c1N)C(C)C. The summed E-state index contributed by atoms with van der Waals surface area (Å²) in [6.45, 7) is 9.94. The van der Waals surface area contributed by atoms with Gasteiger partial charge in [0.25, 0.3) is 5.91 Å². The van der Waals surface area contributed by atoms with E-state index in [4.69, 9.17) is 16.2 Å². The average Bonchev–Trinajstić information content (AvgIpc) is 2.34. The topological polar surface area (TPSA) is 81.6 Å². The first-order valence-electron chi connectivity index (χ1n) is 6.91. The zero-order chi connectivity index (χ0) is 15.3. The summed E-state index contributed by atoms with van der Waals surface area (Å²) in [5.74, 6) is -0.0345. The van der Waals surface area contributed by atoms with Crippen LogP contribution < -0.4 is 16.2 Å². The number of primary amides is 1. The molecule has 1 aromatic carbocycles. The van der Waals surface area contributed by atoms with E-state index in [2.05, 4.69) is 32.6 Å². The molecule has 0 radical (unpaired) electrons. The number of hydrogen-bond donors (Lipinski definition) is 2. The molecule has 1 rings (SSSR count). The number of rotatable bonds is 7. The lowest BCUT2D eigenvalue weighted by atomic mass is 10.1. The van der Waals surface area contributed by atoms with Gasteiger partial charge in [0.1, 0.15) is 12.4 Å². The number of benzene rings is 1. The van der Waals surface area contributed by atoms with Crippen LogP contribution in [0.4, 0.5) is 5.69 Å². The lowest BCUT2D eigenvalue weighted by Crippen LogP contribution is -2.39. The van der Waals surface area contributed by atoms with Crippen molar-refractivity contribution in [1.82, 2.24) is 4.90 Å². The van der Waals surface area contributed by atoms with Crippen molar-refractivity contribution >= 4 is 11.6 Å². The van der Waals surface area contributed by atoms with E-state index in [1.54, 1.807) is 18.2 Å². The van der Waals surface area contributed by atoms with Crippen molar-refractivity contribution in [3.8, 4) is 5.75 Å². The van der Waals surface area contributed by atoms with E-state index in [-0.39, 0.29) is 0 Å². The molecule has 0 fully saturated rings. The number of nitrogens with zero attached hydrogens (tertiary/aromatic N) is 1. The molecular weight excluding hydrogens is 254 g/mol. The molecule has 0 spiro atoms. The van der Waals surface area contributed by atoms with Crippen LogP contribution in [-0.4, -0.2) is 36.0 Å². The van der Waals surface area contributed by atoms with Crippen molar-refractivity contribution in [1.29, 1.82) is 0 Å². The smallest absolute Gasteiger partial charge is 0.250 e. The summed E-state index contributed by atoms with van der Waals surface area (Å²) in [5, 5.41) is 0. The van der Waals surface area contributed by atoms with Crippen LogP contribution in [0.5, 0.6) is 5.75 Å². The highest BCUT2D eigenvalue weighted by Crippen LogP contribution is 2.24. The second-order valence-corrected chi connectivity index (χ2v) is 5.36. The highest BCUT2D eigenvalue weighted by Gasteiger charge is 2.14. The third kappa shape index (κ3) is 4.13. The highest BCUT2D eigenvalue weighted by molar-refractivity contribution is 5.99. The minimum atomic E-state index is -0.543. The maximum absolute atomic E-state index is 11.2. The van der Waals surface area contributed by atoms with Crippen LogP contribution in [0, 0.1) is 0 Å². The first kappa shape index (κ1) is 16.3. The lowest BCUT2D eigenvalue weighted by molar-refractivity contribution is 0.100. The van der Waals surface area contributed by atoms with Crippen LogP contribution in [0.2, 0.25) is 0 Å². The van der Waals surface area contributed by atoms with Crippen molar-refractivity contribution in [2.45, 2.75) is 39.8 Å². The number of carbonyl (C=O) groups excluding carboxylic acids is 1. The highest BCUT2D eigenvalue weighted by atomic mass is 16.5. The summed E-state index contributed by atoms with van der Waals surface area (Å²) < 4.78 is 5.68. The molecule has 4 N–H and O–H groups in total. The predicted octanol–water partition coefficient (Wildman–Crippen LogP) is 1.87. The molecule has 0 bridgehead atoms. The quantitative estimate of drug-likeness (QED) is 0.746. The van der Waals surface area contributed by atoms with E-state index in [1.165, 1.54) is 0 Å². The number of anilines is 1. The Kier molecular flexibility index (Phi) is 5.82. The number of nitrogens with two attached hydrogens (primary N) is 2. The van der Waals surface area contributed by atoms with Gasteiger partial charge in [0.15, 0.2) is 0 Å². The van der Waals surface area contributed by atoms with E-state index in [0.717, 1.165) is 6.54 Å². The van der Waals surface area contributed by atoms with E-state index >= 15 is 0 Å². The van der Waals surface area contributed by atoms with Crippen LogP contribution in [0.3, 0.4) is 0 Å². The molecule has 0 aliphatic rings. The van der Waals surface area contributed by atoms with Gasteiger partial charge in [-0.25, -0.2) is 0 Å². The molecule has 112 valence electrons. The Balaban J connectivity index is 2.67. The van der Waals surface area contributed by atoms with Gasteiger partial charge in [-0.15, -0.1) is 0 Å². The molecule has 1 amide bonds. The summed E-state index contributed by atoms with van der Waals surface area (Å²) in [7, 11) is 0. The van der Waals surface area contributed by atoms with Crippen molar-refractivity contribution in [2.75, 3.05) is 18.9 Å². The number of carbonyl (C=O) groups is 1. The minimum absolute atomic E-state index is 0.298.